The molecule has 0 aliphatic carbocycles. The number of aromatic nitrogens is 4. The Morgan fingerprint density at radius 3 is 1.11 bits per heavy atom. The van der Waals surface area contributed by atoms with Crippen LogP contribution in [-0.2, 0) is 60.3 Å². The van der Waals surface area contributed by atoms with Gasteiger partial charge in [0.2, 0.25) is 0 Å². The van der Waals surface area contributed by atoms with Crippen molar-refractivity contribution in [2.24, 2.45) is 20.0 Å². The maximum atomic E-state index is 13.9. The Balaban J connectivity index is 0.000000220. The molecular formula is C48H61N7O9S2. The molecule has 16 nitrogen and oxygen atoms in total. The van der Waals surface area contributed by atoms with E-state index in [4.69, 9.17) is 18.9 Å². The van der Waals surface area contributed by atoms with Crippen LogP contribution in [0.5, 0.6) is 23.0 Å². The largest absolute Gasteiger partial charge is 0.497 e. The summed E-state index contributed by atoms with van der Waals surface area (Å²) in [6.07, 6.45) is -0.835. The number of hydrogen-bond donors (Lipinski definition) is 1. The van der Waals surface area contributed by atoms with E-state index in [9.17, 15) is 21.9 Å². The Kier molecular flexibility index (Phi) is 16.3. The first-order chi connectivity index (χ1) is 31.4. The van der Waals surface area contributed by atoms with Crippen molar-refractivity contribution in [1.82, 2.24) is 33.1 Å². The number of rotatable bonds is 19. The van der Waals surface area contributed by atoms with Crippen molar-refractivity contribution in [3.05, 3.63) is 143 Å². The Labute approximate surface area is 389 Å². The smallest absolute Gasteiger partial charge is 0.263 e. The number of aliphatic hydroxyl groups excluding tert-OH is 1. The van der Waals surface area contributed by atoms with Gasteiger partial charge in [-0.3, -0.25) is 14.3 Å². The summed E-state index contributed by atoms with van der Waals surface area (Å²) in [7, 11) is 1.99. The summed E-state index contributed by atoms with van der Waals surface area (Å²) in [5.74, 6) is 3.50. The fourth-order valence-corrected chi connectivity index (χ4v) is 10.4. The van der Waals surface area contributed by atoms with Crippen molar-refractivity contribution in [2.75, 3.05) is 41.5 Å². The number of likely N-dealkylation sites (tertiary alicyclic amines) is 1. The molecule has 354 valence electrons. The Morgan fingerprint density at radius 2 is 0.848 bits per heavy atom. The van der Waals surface area contributed by atoms with Crippen molar-refractivity contribution >= 4 is 20.0 Å². The molecule has 2 atom stereocenters. The number of aliphatic hydroxyl groups is 1. The van der Waals surface area contributed by atoms with Crippen molar-refractivity contribution < 1.29 is 40.9 Å². The average molecular weight is 944 g/mol. The van der Waals surface area contributed by atoms with Crippen LogP contribution < -0.4 is 18.9 Å². The third kappa shape index (κ3) is 12.0. The third-order valence-electron chi connectivity index (χ3n) is 11.6. The molecule has 0 radical (unpaired) electrons. The minimum atomic E-state index is -3.94. The zero-order valence-corrected chi connectivity index (χ0v) is 40.7. The standard InChI is InChI=1S/C26H34N4O4S.C22H27N3O5S/c1-19-15-29(16-19)20(2)25-14-26(27-28(25)3)35(31,32)30(17-21-6-10-23(33-4)11-7-21)18-22-8-12-24(34-5)13-9-22;1-16(26)21-13-22(23-24(21)2)31(27,28)25(14-17-5-9-19(29-3)10-6-17)15-18-7-11-20(30-4)12-8-18/h6-14,19-20H,15-18H2,1-5H3;5-13,16,26H,14-15H2,1-4H3. The van der Waals surface area contributed by atoms with Gasteiger partial charge in [-0.25, -0.2) is 16.8 Å². The molecule has 66 heavy (non-hydrogen) atoms. The van der Waals surface area contributed by atoms with Gasteiger partial charge in [-0.05, 0) is 90.6 Å². The number of ether oxygens (including phenoxy) is 4. The quantitative estimate of drug-likeness (QED) is 0.0911. The minimum absolute atomic E-state index is 0.0671. The summed E-state index contributed by atoms with van der Waals surface area (Å²) in [4.78, 5) is 2.34. The van der Waals surface area contributed by atoms with Crippen molar-refractivity contribution in [3.63, 3.8) is 0 Å². The normalized spacial score (nSPS) is 14.3. The average Bonchev–Trinajstić information content (AvgIpc) is 3.92. The van der Waals surface area contributed by atoms with E-state index in [1.165, 1.54) is 19.4 Å². The molecule has 1 fully saturated rings. The highest BCUT2D eigenvalue weighted by Crippen LogP contribution is 2.31. The van der Waals surface area contributed by atoms with Crippen molar-refractivity contribution in [1.29, 1.82) is 0 Å². The second kappa shape index (κ2) is 21.7. The number of benzene rings is 4. The summed E-state index contributed by atoms with van der Waals surface area (Å²) < 4.78 is 81.5. The number of nitrogens with zero attached hydrogens (tertiary/aromatic N) is 7. The molecule has 1 N–H and O–H groups in total. The first kappa shape index (κ1) is 49.7. The molecule has 0 bridgehead atoms. The lowest BCUT2D eigenvalue weighted by Gasteiger charge is -2.41. The Morgan fingerprint density at radius 1 is 0.561 bits per heavy atom. The van der Waals surface area contributed by atoms with Gasteiger partial charge >= 0.3 is 0 Å². The van der Waals surface area contributed by atoms with E-state index in [0.29, 0.717) is 23.1 Å². The van der Waals surface area contributed by atoms with Gasteiger partial charge in [-0.1, -0.05) is 55.5 Å². The molecule has 1 saturated heterocycles. The monoisotopic (exact) mass is 943 g/mol. The van der Waals surface area contributed by atoms with E-state index in [2.05, 4.69) is 28.9 Å². The molecule has 18 heteroatoms. The lowest BCUT2D eigenvalue weighted by atomic mass is 9.99. The van der Waals surface area contributed by atoms with E-state index < -0.39 is 26.2 Å². The topological polar surface area (TPSA) is 171 Å². The van der Waals surface area contributed by atoms with E-state index in [-0.39, 0.29) is 42.3 Å². The Bertz CT molecular complexity index is 2620. The van der Waals surface area contributed by atoms with Gasteiger partial charge < -0.3 is 24.1 Å². The van der Waals surface area contributed by atoms with Crippen LogP contribution in [0.2, 0.25) is 0 Å². The molecular weight excluding hydrogens is 883 g/mol. The molecule has 0 amide bonds. The van der Waals surface area contributed by atoms with Gasteiger partial charge in [-0.2, -0.15) is 18.8 Å². The zero-order chi connectivity index (χ0) is 47.8. The van der Waals surface area contributed by atoms with Gasteiger partial charge in [0.25, 0.3) is 20.0 Å². The zero-order valence-electron chi connectivity index (χ0n) is 39.0. The maximum absolute atomic E-state index is 13.9. The van der Waals surface area contributed by atoms with Gasteiger partial charge in [-0.15, -0.1) is 0 Å². The van der Waals surface area contributed by atoms with Crippen LogP contribution in [0.3, 0.4) is 0 Å². The first-order valence-corrected chi connectivity index (χ1v) is 24.4. The molecule has 2 aromatic heterocycles. The summed E-state index contributed by atoms with van der Waals surface area (Å²) in [6, 6.07) is 32.6. The van der Waals surface area contributed by atoms with Gasteiger partial charge in [0.15, 0.2) is 10.1 Å². The number of aryl methyl sites for hydroxylation is 2. The van der Waals surface area contributed by atoms with E-state index in [1.54, 1.807) is 77.4 Å². The fourth-order valence-electron chi connectivity index (χ4n) is 7.65. The van der Waals surface area contributed by atoms with E-state index in [0.717, 1.165) is 52.5 Å². The molecule has 1 aliphatic rings. The number of hydrogen-bond acceptors (Lipinski definition) is 12. The van der Waals surface area contributed by atoms with Crippen LogP contribution in [-0.4, -0.2) is 96.5 Å². The minimum Gasteiger partial charge on any atom is -0.497 e. The van der Waals surface area contributed by atoms with Crippen LogP contribution >= 0.6 is 0 Å². The Hall–Kier alpha value is -5.76. The second-order valence-electron chi connectivity index (χ2n) is 16.4. The summed E-state index contributed by atoms with van der Waals surface area (Å²) in [5, 5.41) is 18.5. The first-order valence-electron chi connectivity index (χ1n) is 21.5. The predicted molar refractivity (Wildman–Crippen MR) is 251 cm³/mol. The highest BCUT2D eigenvalue weighted by atomic mass is 32.2. The molecule has 0 spiro atoms. The molecule has 4 aromatic carbocycles. The maximum Gasteiger partial charge on any atom is 0.263 e. The predicted octanol–water partition coefficient (Wildman–Crippen LogP) is 6.72. The SMILES string of the molecule is COc1ccc(CN(Cc2ccc(OC)cc2)S(=O)(=O)c2cc(C(C)N3CC(C)C3)n(C)n2)cc1.COc1ccc(CN(Cc2ccc(OC)cc2)S(=O)(=O)c2cc(C(C)O)n(C)n2)cc1. The molecule has 3 heterocycles. The summed E-state index contributed by atoms with van der Waals surface area (Å²) in [6.45, 7) is 8.64. The van der Waals surface area contributed by atoms with E-state index >= 15 is 0 Å². The van der Waals surface area contributed by atoms with Gasteiger partial charge in [0.05, 0.1) is 45.9 Å². The number of methoxy groups -OCH3 is 4. The van der Waals surface area contributed by atoms with Crippen LogP contribution in [0.25, 0.3) is 0 Å². The molecule has 6 aromatic rings. The van der Waals surface area contributed by atoms with Crippen LogP contribution in [0.1, 0.15) is 66.6 Å². The fraction of sp³-hybridized carbons (Fsp3) is 0.375. The lowest BCUT2D eigenvalue weighted by Crippen LogP contribution is -2.46. The third-order valence-corrected chi connectivity index (χ3v) is 14.9. The molecule has 0 saturated carbocycles. The molecule has 1 aliphatic heterocycles. The van der Waals surface area contributed by atoms with Crippen LogP contribution in [0.4, 0.5) is 0 Å². The van der Waals surface area contributed by atoms with Crippen LogP contribution in [0, 0.1) is 5.92 Å². The molecule has 7 rings (SSSR count). The lowest BCUT2D eigenvalue weighted by molar-refractivity contribution is 0.0666. The summed E-state index contributed by atoms with van der Waals surface area (Å²) >= 11 is 0. The van der Waals surface area contributed by atoms with Crippen molar-refractivity contribution in [2.45, 2.75) is 69.1 Å². The van der Waals surface area contributed by atoms with Crippen molar-refractivity contribution in [3.8, 4) is 23.0 Å². The molecule has 2 unspecified atom stereocenters. The highest BCUT2D eigenvalue weighted by molar-refractivity contribution is 7.89. The number of sulfonamides is 2. The van der Waals surface area contributed by atoms with Gasteiger partial charge in [0, 0.05) is 71.5 Å². The second-order valence-corrected chi connectivity index (χ2v) is 20.2. The van der Waals surface area contributed by atoms with E-state index in [1.807, 2.05) is 79.8 Å². The summed E-state index contributed by atoms with van der Waals surface area (Å²) in [5.41, 5.74) is 4.66. The van der Waals surface area contributed by atoms with Crippen LogP contribution in [0.15, 0.2) is 119 Å². The highest BCUT2D eigenvalue weighted by Gasteiger charge is 2.34. The van der Waals surface area contributed by atoms with Gasteiger partial charge in [0.1, 0.15) is 23.0 Å².